The van der Waals surface area contributed by atoms with Crippen LogP contribution in [0.25, 0.3) is 6.08 Å². The maximum atomic E-state index is 14.1. The quantitative estimate of drug-likeness (QED) is 0.136. The fourth-order valence-electron chi connectivity index (χ4n) is 4.99. The van der Waals surface area contributed by atoms with Crippen LogP contribution in [0, 0.1) is 7.14 Å². The third-order valence-corrected chi connectivity index (χ3v) is 9.51. The van der Waals surface area contributed by atoms with Gasteiger partial charge in [0.1, 0.15) is 12.4 Å². The molecule has 0 radical (unpaired) electrons. The molecule has 11 heteroatoms. The zero-order chi connectivity index (χ0) is 32.2. The molecule has 0 amide bonds. The lowest BCUT2D eigenvalue weighted by Gasteiger charge is -2.25. The number of ether oxygens (including phenoxy) is 4. The van der Waals surface area contributed by atoms with Crippen LogP contribution >= 0.6 is 56.5 Å². The van der Waals surface area contributed by atoms with Crippen LogP contribution in [0.5, 0.6) is 17.2 Å². The number of thiazole rings is 1. The van der Waals surface area contributed by atoms with Gasteiger partial charge in [-0.2, -0.15) is 0 Å². The summed E-state index contributed by atoms with van der Waals surface area (Å²) in [6, 6.07) is 18.7. The van der Waals surface area contributed by atoms with Crippen molar-refractivity contribution in [2.24, 2.45) is 4.99 Å². The molecule has 5 rings (SSSR count). The number of hydrogen-bond acceptors (Lipinski definition) is 8. The van der Waals surface area contributed by atoms with E-state index < -0.39 is 12.0 Å². The lowest BCUT2D eigenvalue weighted by molar-refractivity contribution is -0.139. The van der Waals surface area contributed by atoms with Crippen molar-refractivity contribution in [1.29, 1.82) is 0 Å². The summed E-state index contributed by atoms with van der Waals surface area (Å²) in [5.74, 6) is 1.35. The van der Waals surface area contributed by atoms with Gasteiger partial charge in [0.25, 0.3) is 5.56 Å². The fraction of sp³-hybridized carbons (Fsp3) is 0.265. The van der Waals surface area contributed by atoms with Gasteiger partial charge in [-0.05, 0) is 120 Å². The van der Waals surface area contributed by atoms with Gasteiger partial charge in [0.2, 0.25) is 0 Å². The van der Waals surface area contributed by atoms with Crippen LogP contribution in [0.1, 0.15) is 50.4 Å². The maximum Gasteiger partial charge on any atom is 0.338 e. The van der Waals surface area contributed by atoms with Gasteiger partial charge in [0, 0.05) is 0 Å². The number of carbonyl (C=O) groups is 1. The summed E-state index contributed by atoms with van der Waals surface area (Å²) in [5, 5.41) is 0. The first-order valence-corrected chi connectivity index (χ1v) is 17.3. The molecule has 0 spiro atoms. The van der Waals surface area contributed by atoms with E-state index in [1.807, 2.05) is 68.5 Å². The summed E-state index contributed by atoms with van der Waals surface area (Å²) in [5.41, 5.74) is 3.17. The van der Waals surface area contributed by atoms with Gasteiger partial charge in [-0.25, -0.2) is 9.79 Å². The third-order valence-electron chi connectivity index (χ3n) is 6.93. The van der Waals surface area contributed by atoms with Gasteiger partial charge in [0.15, 0.2) is 16.3 Å². The number of esters is 1. The molecular weight excluding hydrogens is 818 g/mol. The van der Waals surface area contributed by atoms with Gasteiger partial charge in [-0.3, -0.25) is 9.36 Å². The number of aromatic nitrogens is 1. The fourth-order valence-corrected chi connectivity index (χ4v) is 8.17. The Labute approximate surface area is 292 Å². The average Bonchev–Trinajstić information content (AvgIpc) is 3.30. The molecule has 0 bridgehead atoms. The van der Waals surface area contributed by atoms with E-state index in [1.165, 1.54) is 11.3 Å². The summed E-state index contributed by atoms with van der Waals surface area (Å²) in [7, 11) is 1.56. The molecule has 2 heterocycles. The van der Waals surface area contributed by atoms with Gasteiger partial charge < -0.3 is 18.9 Å². The van der Waals surface area contributed by atoms with E-state index in [4.69, 9.17) is 23.9 Å². The van der Waals surface area contributed by atoms with Crippen LogP contribution in [0.4, 0.5) is 0 Å². The predicted octanol–water partition coefficient (Wildman–Crippen LogP) is 6.38. The first-order chi connectivity index (χ1) is 21.6. The zero-order valence-electron chi connectivity index (χ0n) is 25.4. The second-order valence-corrected chi connectivity index (χ2v) is 13.8. The van der Waals surface area contributed by atoms with Crippen LogP contribution in [0.3, 0.4) is 0 Å². The second-order valence-electron chi connectivity index (χ2n) is 10.5. The number of carbonyl (C=O) groups excluding carboxylic acids is 1. The molecule has 8 nitrogen and oxygen atoms in total. The summed E-state index contributed by atoms with van der Waals surface area (Å²) < 4.78 is 27.1. The van der Waals surface area contributed by atoms with E-state index in [0.717, 1.165) is 24.0 Å². The van der Waals surface area contributed by atoms with Gasteiger partial charge >= 0.3 is 5.97 Å². The molecule has 234 valence electrons. The molecule has 3 aromatic carbocycles. The minimum atomic E-state index is -0.765. The predicted molar refractivity (Wildman–Crippen MR) is 192 cm³/mol. The minimum absolute atomic E-state index is 0.0599. The molecule has 0 unspecified atom stereocenters. The molecule has 0 saturated carbocycles. The van der Waals surface area contributed by atoms with E-state index in [2.05, 4.69) is 45.2 Å². The Morgan fingerprint density at radius 1 is 1.07 bits per heavy atom. The molecule has 0 N–H and O–H groups in total. The van der Waals surface area contributed by atoms with Crippen molar-refractivity contribution >= 4 is 68.6 Å². The first kappa shape index (κ1) is 33.2. The maximum absolute atomic E-state index is 14.1. The number of fused-ring (bicyclic) bond motifs is 1. The molecule has 4 aromatic rings. The number of halogens is 2. The van der Waals surface area contributed by atoms with Crippen molar-refractivity contribution in [2.45, 2.75) is 46.4 Å². The zero-order valence-corrected chi connectivity index (χ0v) is 30.6. The van der Waals surface area contributed by atoms with Crippen LogP contribution in [-0.2, 0) is 16.1 Å². The molecule has 1 atom stereocenters. The van der Waals surface area contributed by atoms with E-state index in [9.17, 15) is 9.59 Å². The van der Waals surface area contributed by atoms with E-state index in [0.29, 0.717) is 44.3 Å². The van der Waals surface area contributed by atoms with E-state index in [-0.39, 0.29) is 18.3 Å². The van der Waals surface area contributed by atoms with Crippen LogP contribution < -0.4 is 29.1 Å². The summed E-state index contributed by atoms with van der Waals surface area (Å²) in [6.07, 6.45) is 1.80. The second kappa shape index (κ2) is 14.5. The Bertz CT molecular complexity index is 1930. The molecule has 1 aliphatic heterocycles. The highest BCUT2D eigenvalue weighted by molar-refractivity contribution is 14.1. The van der Waals surface area contributed by atoms with Crippen LogP contribution in [0.15, 0.2) is 81.7 Å². The highest BCUT2D eigenvalue weighted by Crippen LogP contribution is 2.37. The number of methoxy groups -OCH3 is 1. The summed E-state index contributed by atoms with van der Waals surface area (Å²) in [4.78, 5) is 32.6. The van der Waals surface area contributed by atoms with Gasteiger partial charge in [-0.15, -0.1) is 0 Å². The molecule has 0 saturated heterocycles. The Kier molecular flexibility index (Phi) is 10.7. The summed E-state index contributed by atoms with van der Waals surface area (Å²) >= 11 is 5.80. The SMILES string of the molecule is CCOC(=O)C1=C(C)N=c2s/c(=C\c3cc(I)c(OCc4ccccc4)c(I)c3)c(=O)n2[C@@H]1c1ccc(OC(C)C)c(OC)c1. The van der Waals surface area contributed by atoms with Crippen molar-refractivity contribution in [1.82, 2.24) is 4.57 Å². The first-order valence-electron chi connectivity index (χ1n) is 14.3. The highest BCUT2D eigenvalue weighted by Gasteiger charge is 2.34. The molecule has 1 aliphatic rings. The minimum Gasteiger partial charge on any atom is -0.493 e. The Balaban J connectivity index is 1.59. The summed E-state index contributed by atoms with van der Waals surface area (Å²) in [6.45, 7) is 8.04. The molecule has 0 fully saturated rings. The van der Waals surface area contributed by atoms with Crippen molar-refractivity contribution < 1.29 is 23.7 Å². The molecule has 45 heavy (non-hydrogen) atoms. The Morgan fingerprint density at radius 2 is 1.78 bits per heavy atom. The Hall–Kier alpha value is -3.17. The monoisotopic (exact) mass is 850 g/mol. The van der Waals surface area contributed by atoms with Crippen molar-refractivity contribution in [3.05, 3.63) is 115 Å². The van der Waals surface area contributed by atoms with Gasteiger partial charge in [0.05, 0.1) is 48.8 Å². The topological polar surface area (TPSA) is 88.4 Å². The lowest BCUT2D eigenvalue weighted by atomic mass is 9.95. The molecule has 1 aromatic heterocycles. The average molecular weight is 851 g/mol. The van der Waals surface area contributed by atoms with Gasteiger partial charge in [-0.1, -0.05) is 47.7 Å². The Morgan fingerprint density at radius 3 is 2.42 bits per heavy atom. The molecule has 0 aliphatic carbocycles. The highest BCUT2D eigenvalue weighted by atomic mass is 127. The number of allylic oxidation sites excluding steroid dienone is 1. The van der Waals surface area contributed by atoms with Crippen molar-refractivity contribution in [3.63, 3.8) is 0 Å². The van der Waals surface area contributed by atoms with Crippen LogP contribution in [-0.4, -0.2) is 30.4 Å². The smallest absolute Gasteiger partial charge is 0.338 e. The number of rotatable bonds is 10. The van der Waals surface area contributed by atoms with E-state index >= 15 is 0 Å². The third kappa shape index (κ3) is 7.30. The largest absolute Gasteiger partial charge is 0.493 e. The normalized spacial score (nSPS) is 14.7. The number of benzene rings is 3. The molecular formula is C34H32I2N2O6S. The van der Waals surface area contributed by atoms with Crippen LogP contribution in [0.2, 0.25) is 0 Å². The number of hydrogen-bond donors (Lipinski definition) is 0. The van der Waals surface area contributed by atoms with E-state index in [1.54, 1.807) is 37.7 Å². The lowest BCUT2D eigenvalue weighted by Crippen LogP contribution is -2.40. The van der Waals surface area contributed by atoms with Crippen molar-refractivity contribution in [2.75, 3.05) is 13.7 Å². The standard InChI is InChI=1S/C34H32I2N2O6S/c1-6-42-33(40)29-20(4)37-34-38(30(29)23-12-13-26(44-19(2)3)27(17-23)41-5)32(39)28(45-34)16-22-14-24(35)31(25(36)15-22)43-18-21-10-8-7-9-11-21/h7-17,19,30H,6,18H2,1-5H3/b28-16-/t30-/m1/s1. The van der Waals surface area contributed by atoms with Crippen molar-refractivity contribution in [3.8, 4) is 17.2 Å². The number of nitrogens with zero attached hydrogens (tertiary/aromatic N) is 2.